The number of carboxylic acids is 2. The molecule has 3 N–H and O–H groups in total. The molecule has 0 radical (unpaired) electrons. The van der Waals surface area contributed by atoms with Crippen LogP contribution in [0.15, 0.2) is 42.5 Å². The number of nitrogens with zero attached hydrogens (tertiary/aromatic N) is 1. The van der Waals surface area contributed by atoms with E-state index in [2.05, 4.69) is 59.5 Å². The van der Waals surface area contributed by atoms with Gasteiger partial charge in [0.15, 0.2) is 0 Å². The van der Waals surface area contributed by atoms with Crippen molar-refractivity contribution in [2.45, 2.75) is 119 Å². The number of aromatic carboxylic acids is 1. The van der Waals surface area contributed by atoms with Crippen molar-refractivity contribution in [3.05, 3.63) is 53.6 Å². The van der Waals surface area contributed by atoms with Crippen molar-refractivity contribution in [1.82, 2.24) is 10.2 Å². The molecule has 4 saturated carbocycles. The Kier molecular flexibility index (Phi) is 9.77. The third-order valence-corrected chi connectivity index (χ3v) is 16.3. The van der Waals surface area contributed by atoms with Crippen LogP contribution in [0.2, 0.25) is 0 Å². The molecule has 7 nitrogen and oxygen atoms in total. The SMILES string of the molecule is C=C(C)[C@@H]1CC[C@]2(C(=O)NCCN(CC(=O)O)C(C)C)CC[C@]3(C)[C@H](CC[C@@H]4[C@@]5(C)CC=C(c6ccc(C(=O)O)cc6)C(C)(C)[C@@H]5CC[C@]43C)[C@@H]12. The van der Waals surface area contributed by atoms with E-state index < -0.39 is 17.4 Å². The minimum Gasteiger partial charge on any atom is -0.480 e. The van der Waals surface area contributed by atoms with Crippen LogP contribution >= 0.6 is 0 Å². The quantitative estimate of drug-likeness (QED) is 0.211. The van der Waals surface area contributed by atoms with Gasteiger partial charge >= 0.3 is 11.9 Å². The molecule has 0 spiro atoms. The highest BCUT2D eigenvalue weighted by Gasteiger charge is 2.71. The van der Waals surface area contributed by atoms with Crippen LogP contribution in [0, 0.1) is 56.7 Å². The lowest BCUT2D eigenvalue weighted by atomic mass is 9.32. The summed E-state index contributed by atoms with van der Waals surface area (Å²) in [5.74, 6) is 0.642. The number of carboxylic acid groups (broad SMARTS) is 2. The molecule has 0 saturated heterocycles. The number of aliphatic carboxylic acids is 1. The minimum absolute atomic E-state index is 0.0207. The number of amides is 1. The van der Waals surface area contributed by atoms with Gasteiger partial charge in [-0.05, 0) is 153 Å². The normalized spacial score (nSPS) is 38.2. The number of carbonyl (C=O) groups excluding carboxylic acids is 1. The monoisotopic (exact) mass is 700 g/mol. The van der Waals surface area contributed by atoms with Crippen molar-refractivity contribution in [2.75, 3.05) is 19.6 Å². The summed E-state index contributed by atoms with van der Waals surface area (Å²) in [6.45, 7) is 24.3. The fraction of sp³-hybridized carbons (Fsp3) is 0.705. The fourth-order valence-corrected chi connectivity index (χ4v) is 13.6. The Labute approximate surface area is 306 Å². The molecule has 4 fully saturated rings. The predicted molar refractivity (Wildman–Crippen MR) is 203 cm³/mol. The highest BCUT2D eigenvalue weighted by atomic mass is 16.4. The molecule has 9 atom stereocenters. The number of benzene rings is 1. The van der Waals surface area contributed by atoms with E-state index >= 15 is 0 Å². The topological polar surface area (TPSA) is 107 Å². The maximum atomic E-state index is 14.5. The summed E-state index contributed by atoms with van der Waals surface area (Å²) in [4.78, 5) is 39.4. The Hall–Kier alpha value is -2.93. The number of fused-ring (bicyclic) bond motifs is 7. The number of nitrogens with one attached hydrogen (secondary N) is 1. The predicted octanol–water partition coefficient (Wildman–Crippen LogP) is 8.95. The Morgan fingerprint density at radius 3 is 2.20 bits per heavy atom. The van der Waals surface area contributed by atoms with E-state index in [9.17, 15) is 24.6 Å². The van der Waals surface area contributed by atoms with Gasteiger partial charge in [-0.3, -0.25) is 14.5 Å². The zero-order chi connectivity index (χ0) is 37.3. The lowest BCUT2D eigenvalue weighted by Crippen LogP contribution is -2.66. The van der Waals surface area contributed by atoms with Crippen LogP contribution in [0.1, 0.15) is 129 Å². The van der Waals surface area contributed by atoms with Gasteiger partial charge in [0.05, 0.1) is 17.5 Å². The zero-order valence-corrected chi connectivity index (χ0v) is 32.6. The van der Waals surface area contributed by atoms with Crippen LogP contribution in [0.3, 0.4) is 0 Å². The molecular weight excluding hydrogens is 636 g/mol. The maximum absolute atomic E-state index is 14.5. The van der Waals surface area contributed by atoms with Crippen LogP contribution in [0.25, 0.3) is 5.57 Å². The summed E-state index contributed by atoms with van der Waals surface area (Å²) >= 11 is 0. The molecule has 6 rings (SSSR count). The van der Waals surface area contributed by atoms with Gasteiger partial charge in [0.25, 0.3) is 0 Å². The molecule has 5 aliphatic carbocycles. The van der Waals surface area contributed by atoms with Crippen molar-refractivity contribution >= 4 is 23.4 Å². The molecule has 0 aliphatic heterocycles. The van der Waals surface area contributed by atoms with E-state index in [1.54, 1.807) is 12.1 Å². The Balaban J connectivity index is 1.28. The molecule has 0 unspecified atom stereocenters. The Morgan fingerprint density at radius 1 is 0.902 bits per heavy atom. The summed E-state index contributed by atoms with van der Waals surface area (Å²) in [7, 11) is 0. The third kappa shape index (κ3) is 5.83. The number of carbonyl (C=O) groups is 3. The van der Waals surface area contributed by atoms with Gasteiger partial charge in [0, 0.05) is 19.1 Å². The van der Waals surface area contributed by atoms with Crippen LogP contribution in [-0.2, 0) is 9.59 Å². The second-order valence-electron chi connectivity index (χ2n) is 19.0. The molecule has 280 valence electrons. The van der Waals surface area contributed by atoms with Crippen LogP contribution in [-0.4, -0.2) is 58.6 Å². The van der Waals surface area contributed by atoms with Gasteiger partial charge in [0.2, 0.25) is 5.91 Å². The number of allylic oxidation sites excluding steroid dienone is 3. The zero-order valence-electron chi connectivity index (χ0n) is 32.6. The van der Waals surface area contributed by atoms with E-state index in [4.69, 9.17) is 0 Å². The number of hydrogen-bond acceptors (Lipinski definition) is 4. The van der Waals surface area contributed by atoms with Crippen molar-refractivity contribution in [2.24, 2.45) is 56.7 Å². The van der Waals surface area contributed by atoms with E-state index in [1.807, 2.05) is 30.9 Å². The van der Waals surface area contributed by atoms with Crippen molar-refractivity contribution in [3.8, 4) is 0 Å². The lowest BCUT2D eigenvalue weighted by Gasteiger charge is -2.72. The molecule has 7 heteroatoms. The number of hydrogen-bond donors (Lipinski definition) is 3. The molecule has 1 aromatic carbocycles. The van der Waals surface area contributed by atoms with Gasteiger partial charge in [-0.25, -0.2) is 4.79 Å². The summed E-state index contributed by atoms with van der Waals surface area (Å²) < 4.78 is 0. The third-order valence-electron chi connectivity index (χ3n) is 16.3. The van der Waals surface area contributed by atoms with Gasteiger partial charge in [-0.2, -0.15) is 0 Å². The first-order chi connectivity index (χ1) is 23.8. The lowest BCUT2D eigenvalue weighted by molar-refractivity contribution is -0.225. The average Bonchev–Trinajstić information content (AvgIpc) is 3.45. The van der Waals surface area contributed by atoms with Gasteiger partial charge in [-0.15, -0.1) is 0 Å². The summed E-state index contributed by atoms with van der Waals surface area (Å²) in [6, 6.07) is 7.58. The van der Waals surface area contributed by atoms with E-state index in [-0.39, 0.29) is 46.1 Å². The molecule has 0 aromatic heterocycles. The average molecular weight is 701 g/mol. The molecule has 51 heavy (non-hydrogen) atoms. The molecule has 1 aromatic rings. The molecule has 0 bridgehead atoms. The summed E-state index contributed by atoms with van der Waals surface area (Å²) in [5, 5.41) is 22.2. The first-order valence-electron chi connectivity index (χ1n) is 19.8. The first kappa shape index (κ1) is 37.8. The standard InChI is InChI=1S/C44H64N2O5/c1-27(2)31-16-21-44(39(51)45-24-25-46(28(3)4)26-36(47)48)23-22-42(8)33(37(31)44)14-15-35-41(7)19-17-32(29-10-12-30(13-11-29)38(49)50)40(5,6)34(41)18-20-43(35,42)9/h10-13,17,28,31,33-35,37H,1,14-16,18-26H2,2-9H3,(H,45,51)(H,47,48)(H,49,50)/t31-,33+,34-,35+,37+,41-,42+,43+,44-/m0/s1. The van der Waals surface area contributed by atoms with Gasteiger partial charge in [-0.1, -0.05) is 65.0 Å². The number of rotatable bonds is 10. The fourth-order valence-electron chi connectivity index (χ4n) is 13.6. The molecular formula is C44H64N2O5. The summed E-state index contributed by atoms with van der Waals surface area (Å²) in [6.07, 6.45) is 12.1. The van der Waals surface area contributed by atoms with Crippen molar-refractivity contribution < 1.29 is 24.6 Å². The molecule has 0 heterocycles. The maximum Gasteiger partial charge on any atom is 0.335 e. The van der Waals surface area contributed by atoms with Gasteiger partial charge in [0.1, 0.15) is 0 Å². The van der Waals surface area contributed by atoms with Crippen LogP contribution in [0.5, 0.6) is 0 Å². The minimum atomic E-state index is -0.889. The largest absolute Gasteiger partial charge is 0.480 e. The summed E-state index contributed by atoms with van der Waals surface area (Å²) in [5.41, 5.74) is 4.04. The smallest absolute Gasteiger partial charge is 0.335 e. The van der Waals surface area contributed by atoms with Crippen LogP contribution < -0.4 is 5.32 Å². The highest BCUT2D eigenvalue weighted by molar-refractivity contribution is 5.88. The van der Waals surface area contributed by atoms with Crippen LogP contribution in [0.4, 0.5) is 0 Å². The van der Waals surface area contributed by atoms with E-state index in [0.717, 1.165) is 44.1 Å². The second kappa shape index (κ2) is 13.2. The van der Waals surface area contributed by atoms with E-state index in [0.29, 0.717) is 42.3 Å². The van der Waals surface area contributed by atoms with Crippen molar-refractivity contribution in [1.29, 1.82) is 0 Å². The Bertz CT molecular complexity index is 1590. The molecule has 1 amide bonds. The van der Waals surface area contributed by atoms with E-state index in [1.165, 1.54) is 30.4 Å². The van der Waals surface area contributed by atoms with Crippen molar-refractivity contribution in [3.63, 3.8) is 0 Å². The second-order valence-corrected chi connectivity index (χ2v) is 19.0. The molecule has 5 aliphatic rings. The Morgan fingerprint density at radius 2 is 1.59 bits per heavy atom. The highest BCUT2D eigenvalue weighted by Crippen LogP contribution is 2.77. The van der Waals surface area contributed by atoms with Gasteiger partial charge < -0.3 is 15.5 Å². The first-order valence-corrected chi connectivity index (χ1v) is 19.8.